The van der Waals surface area contributed by atoms with Crippen LogP contribution in [0.3, 0.4) is 0 Å². The number of carbonyl (C=O) groups is 1. The molecule has 0 aliphatic heterocycles. The van der Waals surface area contributed by atoms with Crippen LogP contribution < -0.4 is 0 Å². The maximum absolute atomic E-state index is 12.9. The summed E-state index contributed by atoms with van der Waals surface area (Å²) in [5, 5.41) is 1.96. The molecule has 17 heavy (non-hydrogen) atoms. The van der Waals surface area contributed by atoms with Crippen LogP contribution in [0.25, 0.3) is 0 Å². The van der Waals surface area contributed by atoms with Gasteiger partial charge >= 0.3 is 0 Å². The Morgan fingerprint density at radius 3 is 2.88 bits per heavy atom. The number of hydrogen-bond donors (Lipinski definition) is 0. The minimum absolute atomic E-state index is 0.168. The van der Waals surface area contributed by atoms with Crippen LogP contribution in [0.1, 0.15) is 4.88 Å². The van der Waals surface area contributed by atoms with Crippen LogP contribution in [0.4, 0.5) is 4.39 Å². The average Bonchev–Trinajstić information content (AvgIpc) is 2.79. The third kappa shape index (κ3) is 3.98. The molecule has 1 aromatic heterocycles. The lowest BCUT2D eigenvalue weighted by Gasteiger charge is -2.00. The fourth-order valence-electron chi connectivity index (χ4n) is 1.38. The number of halogens is 1. The number of thiophene rings is 1. The van der Waals surface area contributed by atoms with Crippen molar-refractivity contribution in [2.24, 2.45) is 0 Å². The molecule has 0 spiro atoms. The molecule has 0 fully saturated rings. The third-order valence-corrected chi connectivity index (χ3v) is 4.08. The molecule has 0 atom stereocenters. The van der Waals surface area contributed by atoms with E-state index in [4.69, 9.17) is 0 Å². The van der Waals surface area contributed by atoms with Crippen molar-refractivity contribution < 1.29 is 9.18 Å². The second kappa shape index (κ2) is 5.98. The average molecular weight is 266 g/mol. The highest BCUT2D eigenvalue weighted by Gasteiger charge is 2.05. The molecule has 0 saturated carbocycles. The van der Waals surface area contributed by atoms with Crippen LogP contribution in [0, 0.1) is 5.82 Å². The molecule has 0 aliphatic carbocycles. The third-order valence-electron chi connectivity index (χ3n) is 2.15. The summed E-state index contributed by atoms with van der Waals surface area (Å²) >= 11 is 2.96. The topological polar surface area (TPSA) is 17.1 Å². The molecule has 2 aromatic rings. The fourth-order valence-corrected chi connectivity index (χ4v) is 2.91. The van der Waals surface area contributed by atoms with Gasteiger partial charge in [0.05, 0.1) is 5.75 Å². The Bertz CT molecular complexity index is 494. The summed E-state index contributed by atoms with van der Waals surface area (Å²) in [6.07, 6.45) is 0.472. The van der Waals surface area contributed by atoms with Crippen LogP contribution in [0.15, 0.2) is 46.7 Å². The van der Waals surface area contributed by atoms with E-state index >= 15 is 0 Å². The Morgan fingerprint density at radius 1 is 1.29 bits per heavy atom. The number of ketones is 1. The van der Waals surface area contributed by atoms with Crippen molar-refractivity contribution in [1.82, 2.24) is 0 Å². The van der Waals surface area contributed by atoms with E-state index in [1.165, 1.54) is 23.9 Å². The highest BCUT2D eigenvalue weighted by Crippen LogP contribution is 2.19. The molecule has 0 unspecified atom stereocenters. The molecule has 2 rings (SSSR count). The molecular formula is C13H11FOS2. The van der Waals surface area contributed by atoms with E-state index in [1.54, 1.807) is 17.4 Å². The molecule has 0 amide bonds. The molecule has 88 valence electrons. The monoisotopic (exact) mass is 266 g/mol. The van der Waals surface area contributed by atoms with E-state index in [2.05, 4.69) is 0 Å². The number of hydrogen-bond acceptors (Lipinski definition) is 3. The second-order valence-electron chi connectivity index (χ2n) is 3.54. The zero-order chi connectivity index (χ0) is 12.1. The molecule has 1 aromatic carbocycles. The highest BCUT2D eigenvalue weighted by molar-refractivity contribution is 8.00. The number of benzene rings is 1. The predicted octanol–water partition coefficient (Wildman–Crippen LogP) is 3.79. The van der Waals surface area contributed by atoms with Crippen molar-refractivity contribution in [2.45, 2.75) is 11.3 Å². The van der Waals surface area contributed by atoms with Crippen LogP contribution in [0.5, 0.6) is 0 Å². The number of rotatable bonds is 5. The normalized spacial score (nSPS) is 10.4. The van der Waals surface area contributed by atoms with Crippen LogP contribution in [0.2, 0.25) is 0 Å². The van der Waals surface area contributed by atoms with E-state index in [9.17, 15) is 9.18 Å². The fraction of sp³-hybridized carbons (Fsp3) is 0.154. The molecule has 0 aliphatic rings. The summed E-state index contributed by atoms with van der Waals surface area (Å²) in [5.74, 6) is 0.295. The van der Waals surface area contributed by atoms with E-state index in [0.29, 0.717) is 12.2 Å². The number of Topliss-reactive ketones (excluding diaryl/α,β-unsaturated/α-hetero) is 1. The molecule has 1 nitrogen and oxygen atoms in total. The van der Waals surface area contributed by atoms with Crippen molar-refractivity contribution in [3.05, 3.63) is 52.5 Å². The Hall–Kier alpha value is -1.13. The Morgan fingerprint density at radius 2 is 2.18 bits per heavy atom. The highest BCUT2D eigenvalue weighted by atomic mass is 32.2. The first-order chi connectivity index (χ1) is 8.24. The molecule has 0 radical (unpaired) electrons. The first-order valence-corrected chi connectivity index (χ1v) is 7.03. The van der Waals surface area contributed by atoms with E-state index in [1.807, 2.05) is 23.6 Å². The van der Waals surface area contributed by atoms with Crippen molar-refractivity contribution in [3.8, 4) is 0 Å². The Kier molecular flexibility index (Phi) is 4.34. The quantitative estimate of drug-likeness (QED) is 0.766. The van der Waals surface area contributed by atoms with Crippen LogP contribution >= 0.6 is 23.1 Å². The molecule has 4 heteroatoms. The molecule has 0 saturated heterocycles. The van der Waals surface area contributed by atoms with Crippen molar-refractivity contribution >= 4 is 28.9 Å². The van der Waals surface area contributed by atoms with E-state index in [-0.39, 0.29) is 11.6 Å². The first kappa shape index (κ1) is 12.3. The standard InChI is InChI=1S/C13H11FOS2/c14-10-3-1-4-12(7-10)17-9-11(15)8-13-5-2-6-16-13/h1-7H,8-9H2. The number of carbonyl (C=O) groups excluding carboxylic acids is 1. The summed E-state index contributed by atoms with van der Waals surface area (Å²) in [4.78, 5) is 13.5. The van der Waals surface area contributed by atoms with Gasteiger partial charge in [-0.25, -0.2) is 4.39 Å². The minimum Gasteiger partial charge on any atom is -0.298 e. The van der Waals surface area contributed by atoms with Gasteiger partial charge in [-0.3, -0.25) is 4.79 Å². The lowest BCUT2D eigenvalue weighted by Crippen LogP contribution is -2.04. The summed E-state index contributed by atoms with van der Waals surface area (Å²) < 4.78 is 12.9. The van der Waals surface area contributed by atoms with Crippen molar-refractivity contribution in [1.29, 1.82) is 0 Å². The zero-order valence-corrected chi connectivity index (χ0v) is 10.7. The van der Waals surface area contributed by atoms with Gasteiger partial charge in [-0.2, -0.15) is 0 Å². The molecule has 0 bridgehead atoms. The largest absolute Gasteiger partial charge is 0.298 e. The van der Waals surface area contributed by atoms with Gasteiger partial charge in [0.2, 0.25) is 0 Å². The first-order valence-electron chi connectivity index (χ1n) is 5.16. The van der Waals surface area contributed by atoms with Gasteiger partial charge < -0.3 is 0 Å². The SMILES string of the molecule is O=C(CSc1cccc(F)c1)Cc1cccs1. The predicted molar refractivity (Wildman–Crippen MR) is 70.2 cm³/mol. The molecule has 1 heterocycles. The maximum atomic E-state index is 12.9. The van der Waals surface area contributed by atoms with Crippen LogP contribution in [-0.4, -0.2) is 11.5 Å². The lowest BCUT2D eigenvalue weighted by molar-refractivity contribution is -0.115. The smallest absolute Gasteiger partial charge is 0.148 e. The van der Waals surface area contributed by atoms with Crippen LogP contribution in [-0.2, 0) is 11.2 Å². The summed E-state index contributed by atoms with van der Waals surface area (Å²) in [6, 6.07) is 10.2. The van der Waals surface area contributed by atoms with Crippen molar-refractivity contribution in [3.63, 3.8) is 0 Å². The van der Waals surface area contributed by atoms with Gasteiger partial charge in [-0.1, -0.05) is 12.1 Å². The summed E-state index contributed by atoms with van der Waals surface area (Å²) in [7, 11) is 0. The van der Waals surface area contributed by atoms with Gasteiger partial charge in [-0.15, -0.1) is 23.1 Å². The maximum Gasteiger partial charge on any atom is 0.148 e. The molecular weight excluding hydrogens is 255 g/mol. The Balaban J connectivity index is 1.84. The second-order valence-corrected chi connectivity index (χ2v) is 5.62. The van der Waals surface area contributed by atoms with Gasteiger partial charge in [-0.05, 0) is 29.6 Å². The van der Waals surface area contributed by atoms with E-state index < -0.39 is 0 Å². The van der Waals surface area contributed by atoms with Gasteiger partial charge in [0.1, 0.15) is 11.6 Å². The number of thioether (sulfide) groups is 1. The Labute approximate surface area is 108 Å². The van der Waals surface area contributed by atoms with Crippen molar-refractivity contribution in [2.75, 3.05) is 5.75 Å². The summed E-state index contributed by atoms with van der Waals surface area (Å²) in [6.45, 7) is 0. The van der Waals surface area contributed by atoms with E-state index in [0.717, 1.165) is 9.77 Å². The summed E-state index contributed by atoms with van der Waals surface area (Å²) in [5.41, 5.74) is 0. The molecule has 0 N–H and O–H groups in total. The zero-order valence-electron chi connectivity index (χ0n) is 9.06. The lowest BCUT2D eigenvalue weighted by atomic mass is 10.3. The van der Waals surface area contributed by atoms with Gasteiger partial charge in [0.25, 0.3) is 0 Å². The minimum atomic E-state index is -0.263. The van der Waals surface area contributed by atoms with Gasteiger partial charge in [0, 0.05) is 16.2 Å². The van der Waals surface area contributed by atoms with Gasteiger partial charge in [0.15, 0.2) is 0 Å².